The minimum atomic E-state index is -1.17. The quantitative estimate of drug-likeness (QED) is 0.292. The molecule has 3 aromatic rings. The van der Waals surface area contributed by atoms with Gasteiger partial charge in [0, 0.05) is 17.9 Å². The van der Waals surface area contributed by atoms with Crippen molar-refractivity contribution in [2.24, 2.45) is 4.99 Å². The second kappa shape index (κ2) is 11.2. The third-order valence-electron chi connectivity index (χ3n) is 4.14. The van der Waals surface area contributed by atoms with E-state index in [1.807, 2.05) is 72.8 Å². The van der Waals surface area contributed by atoms with E-state index in [9.17, 15) is 15.0 Å². The summed E-state index contributed by atoms with van der Waals surface area (Å²) in [6, 6.07) is 25.3. The number of nitrogens with zero attached hydrogens (tertiary/aromatic N) is 1. The molecule has 0 bridgehead atoms. The monoisotopic (exact) mass is 391 g/mol. The average Bonchev–Trinajstić information content (AvgIpc) is 2.73. The number of aliphatic carboxylic acids is 1. The van der Waals surface area contributed by atoms with Crippen LogP contribution in [0.3, 0.4) is 0 Å². The fraction of sp³-hybridized carbons (Fsp3) is 0.0833. The normalized spacial score (nSPS) is 11.5. The first-order valence-corrected chi connectivity index (χ1v) is 8.81. The van der Waals surface area contributed by atoms with Crippen molar-refractivity contribution in [2.75, 3.05) is 0 Å². The van der Waals surface area contributed by atoms with Crippen molar-refractivity contribution in [3.05, 3.63) is 96.1 Å². The Balaban J connectivity index is 0.00000300. The summed E-state index contributed by atoms with van der Waals surface area (Å²) in [5.41, 5.74) is 3.59. The molecule has 0 aliphatic rings. The van der Waals surface area contributed by atoms with Gasteiger partial charge < -0.3 is 10.2 Å². The van der Waals surface area contributed by atoms with Gasteiger partial charge in [-0.05, 0) is 28.8 Å². The molecule has 0 saturated heterocycles. The predicted octanol–water partition coefficient (Wildman–Crippen LogP) is 0.164. The molecule has 1 N–H and O–H groups in total. The van der Waals surface area contributed by atoms with E-state index in [2.05, 4.69) is 16.8 Å². The van der Waals surface area contributed by atoms with Crippen LogP contribution in [0.2, 0.25) is 0 Å². The van der Waals surface area contributed by atoms with Crippen LogP contribution < -0.4 is 34.7 Å². The number of hydrogen-bond acceptors (Lipinski definition) is 3. The Morgan fingerprint density at radius 1 is 0.897 bits per heavy atom. The van der Waals surface area contributed by atoms with Crippen LogP contribution in [-0.2, 0) is 11.2 Å². The summed E-state index contributed by atoms with van der Waals surface area (Å²) in [7, 11) is 0. The molecule has 138 valence electrons. The molecule has 0 saturated carbocycles. The molecule has 0 heterocycles. The maximum atomic E-state index is 12.0. The molecule has 0 aliphatic heterocycles. The molecule has 0 fully saturated rings. The van der Waals surface area contributed by atoms with Gasteiger partial charge in [-0.1, -0.05) is 84.6 Å². The Morgan fingerprint density at radius 3 is 2.03 bits per heavy atom. The van der Waals surface area contributed by atoms with E-state index in [-0.39, 0.29) is 36.0 Å². The van der Waals surface area contributed by atoms with Gasteiger partial charge in [-0.3, -0.25) is 4.99 Å². The zero-order valence-electron chi connectivity index (χ0n) is 16.1. The van der Waals surface area contributed by atoms with E-state index in [0.717, 1.165) is 16.7 Å². The molecule has 0 aliphatic carbocycles. The number of carboxylic acids is 1. The third-order valence-corrected chi connectivity index (χ3v) is 4.14. The zero-order chi connectivity index (χ0) is 19.8. The largest absolute Gasteiger partial charge is 1.00 e. The Hall–Kier alpha value is -2.84. The summed E-state index contributed by atoms with van der Waals surface area (Å²) in [6.07, 6.45) is 0.128. The Morgan fingerprint density at radius 2 is 1.45 bits per heavy atom. The maximum Gasteiger partial charge on any atom is 1.00 e. The first-order chi connectivity index (χ1) is 13.6. The molecule has 0 spiro atoms. The Kier molecular flexibility index (Phi) is 8.69. The summed E-state index contributed by atoms with van der Waals surface area (Å²) in [5, 5.41) is 21.4. The van der Waals surface area contributed by atoms with Crippen molar-refractivity contribution >= 4 is 11.9 Å². The van der Waals surface area contributed by atoms with Gasteiger partial charge in [0.2, 0.25) is 0 Å². The maximum absolute atomic E-state index is 12.0. The smallest absolute Gasteiger partial charge is 0.853 e. The van der Waals surface area contributed by atoms with Gasteiger partial charge in [0.15, 0.2) is 6.04 Å². The van der Waals surface area contributed by atoms with Crippen molar-refractivity contribution in [2.45, 2.75) is 12.5 Å². The molecule has 0 amide bonds. The van der Waals surface area contributed by atoms with Gasteiger partial charge in [0.05, 0.1) is 0 Å². The van der Waals surface area contributed by atoms with Crippen molar-refractivity contribution < 1.29 is 44.6 Å². The number of benzene rings is 3. The number of carboxylic acid groups (broad SMARTS) is 1. The number of carbonyl (C=O) groups is 1. The summed E-state index contributed by atoms with van der Waals surface area (Å²) in [6.45, 7) is 0. The SMILES string of the molecule is O=C(O)C(Cc1ccc(-c2ccccc2)cc1)N=C([O-])C#Cc1ccccc1.[Na+]. The molecule has 0 aromatic heterocycles. The van der Waals surface area contributed by atoms with Gasteiger partial charge in [-0.25, -0.2) is 4.79 Å². The zero-order valence-corrected chi connectivity index (χ0v) is 18.1. The molecule has 3 aromatic carbocycles. The molecule has 1 unspecified atom stereocenters. The van der Waals surface area contributed by atoms with Gasteiger partial charge >= 0.3 is 35.5 Å². The molecule has 3 rings (SSSR count). The molecule has 1 atom stereocenters. The molecule has 4 nitrogen and oxygen atoms in total. The summed E-state index contributed by atoms with van der Waals surface area (Å²) in [5.74, 6) is 3.18. The average molecular weight is 391 g/mol. The summed E-state index contributed by atoms with van der Waals surface area (Å²) >= 11 is 0. The summed E-state index contributed by atoms with van der Waals surface area (Å²) in [4.78, 5) is 15.3. The first kappa shape index (κ1) is 22.4. The van der Waals surface area contributed by atoms with Crippen molar-refractivity contribution in [1.82, 2.24) is 0 Å². The third kappa shape index (κ3) is 6.92. The number of hydrogen-bond donors (Lipinski definition) is 1. The van der Waals surface area contributed by atoms with Gasteiger partial charge in [0.1, 0.15) is 0 Å². The standard InChI is InChI=1S/C24H19NO3.Na/c26-23(16-13-18-7-3-1-4-8-18)25-22(24(27)28)17-19-11-14-21(15-12-19)20-9-5-2-6-10-20;/h1-12,14-15,22H,17H2,(H,25,26)(H,27,28);/q;+1/p-1. The Labute approximate surface area is 192 Å². The van der Waals surface area contributed by atoms with E-state index in [0.29, 0.717) is 5.56 Å². The molecule has 5 heteroatoms. The first-order valence-electron chi connectivity index (χ1n) is 8.81. The topological polar surface area (TPSA) is 72.7 Å². The fourth-order valence-electron chi connectivity index (χ4n) is 2.70. The van der Waals surface area contributed by atoms with Crippen molar-refractivity contribution in [3.63, 3.8) is 0 Å². The number of rotatable bonds is 5. The van der Waals surface area contributed by atoms with Crippen LogP contribution in [0.25, 0.3) is 11.1 Å². The van der Waals surface area contributed by atoms with Crippen LogP contribution in [0.15, 0.2) is 89.9 Å². The predicted molar refractivity (Wildman–Crippen MR) is 108 cm³/mol. The molecule has 0 radical (unpaired) electrons. The second-order valence-corrected chi connectivity index (χ2v) is 6.17. The van der Waals surface area contributed by atoms with Crippen molar-refractivity contribution in [1.29, 1.82) is 0 Å². The van der Waals surface area contributed by atoms with E-state index in [4.69, 9.17) is 0 Å². The Bertz CT molecular complexity index is 1020. The van der Waals surface area contributed by atoms with E-state index >= 15 is 0 Å². The van der Waals surface area contributed by atoms with Gasteiger partial charge in [0.25, 0.3) is 0 Å². The van der Waals surface area contributed by atoms with Crippen LogP contribution >= 0.6 is 0 Å². The van der Waals surface area contributed by atoms with Crippen LogP contribution in [0.4, 0.5) is 0 Å². The molecular formula is C24H18NNaO3. The van der Waals surface area contributed by atoms with Gasteiger partial charge in [-0.15, -0.1) is 0 Å². The number of aliphatic imine (C=N–C) groups is 1. The van der Waals surface area contributed by atoms with Crippen LogP contribution in [0, 0.1) is 11.8 Å². The molecular weight excluding hydrogens is 373 g/mol. The van der Waals surface area contributed by atoms with Crippen LogP contribution in [-0.4, -0.2) is 23.0 Å². The van der Waals surface area contributed by atoms with Crippen LogP contribution in [0.5, 0.6) is 0 Å². The van der Waals surface area contributed by atoms with Crippen LogP contribution in [0.1, 0.15) is 11.1 Å². The van der Waals surface area contributed by atoms with E-state index in [1.165, 1.54) is 0 Å². The van der Waals surface area contributed by atoms with Gasteiger partial charge in [-0.2, -0.15) is 0 Å². The minimum absolute atomic E-state index is 0. The minimum Gasteiger partial charge on any atom is -0.853 e. The second-order valence-electron chi connectivity index (χ2n) is 6.17. The van der Waals surface area contributed by atoms with E-state index in [1.54, 1.807) is 12.1 Å². The fourth-order valence-corrected chi connectivity index (χ4v) is 2.70. The summed E-state index contributed by atoms with van der Waals surface area (Å²) < 4.78 is 0. The van der Waals surface area contributed by atoms with Crippen molar-refractivity contribution in [3.8, 4) is 23.0 Å². The van der Waals surface area contributed by atoms with E-state index < -0.39 is 17.9 Å². The molecule has 29 heavy (non-hydrogen) atoms.